The highest BCUT2D eigenvalue weighted by Crippen LogP contribution is 2.23. The molecule has 2 aromatic carbocycles. The van der Waals surface area contributed by atoms with Crippen LogP contribution >= 0.6 is 0 Å². The quantitative estimate of drug-likeness (QED) is 0.589. The monoisotopic (exact) mass is 376 g/mol. The van der Waals surface area contributed by atoms with Gasteiger partial charge in [0.15, 0.2) is 0 Å². The van der Waals surface area contributed by atoms with Crippen LogP contribution in [0.4, 0.5) is 11.8 Å². The van der Waals surface area contributed by atoms with Gasteiger partial charge in [-0.3, -0.25) is 0 Å². The number of hydrogen-bond acceptors (Lipinski definition) is 5. The van der Waals surface area contributed by atoms with Gasteiger partial charge in [-0.15, -0.1) is 0 Å². The van der Waals surface area contributed by atoms with Crippen LogP contribution in [0.5, 0.6) is 5.75 Å². The molecule has 0 aliphatic heterocycles. The number of rotatable bonds is 9. The van der Waals surface area contributed by atoms with Gasteiger partial charge in [0.1, 0.15) is 11.6 Å². The van der Waals surface area contributed by atoms with Crippen LogP contribution in [0.25, 0.3) is 11.3 Å². The van der Waals surface area contributed by atoms with Gasteiger partial charge in [0.2, 0.25) is 5.95 Å². The number of nitrogens with one attached hydrogen (secondary N) is 1. The van der Waals surface area contributed by atoms with Gasteiger partial charge in [-0.2, -0.15) is 4.98 Å². The Morgan fingerprint density at radius 1 is 0.929 bits per heavy atom. The van der Waals surface area contributed by atoms with Crippen molar-refractivity contribution in [1.82, 2.24) is 9.97 Å². The Hall–Kier alpha value is -3.08. The summed E-state index contributed by atoms with van der Waals surface area (Å²) in [6.07, 6.45) is 0.891. The third-order valence-electron chi connectivity index (χ3n) is 4.68. The summed E-state index contributed by atoms with van der Waals surface area (Å²) >= 11 is 0. The molecule has 1 aromatic heterocycles. The summed E-state index contributed by atoms with van der Waals surface area (Å²) in [4.78, 5) is 11.7. The first-order valence-corrected chi connectivity index (χ1v) is 9.79. The van der Waals surface area contributed by atoms with Crippen LogP contribution < -0.4 is 15.0 Å². The predicted molar refractivity (Wildman–Crippen MR) is 116 cm³/mol. The van der Waals surface area contributed by atoms with E-state index in [4.69, 9.17) is 14.7 Å². The minimum atomic E-state index is 0.759. The molecule has 28 heavy (non-hydrogen) atoms. The highest BCUT2D eigenvalue weighted by molar-refractivity contribution is 5.64. The second-order valence-electron chi connectivity index (χ2n) is 6.51. The van der Waals surface area contributed by atoms with Gasteiger partial charge >= 0.3 is 0 Å². The maximum absolute atomic E-state index is 5.30. The highest BCUT2D eigenvalue weighted by Gasteiger charge is 2.11. The lowest BCUT2D eigenvalue weighted by molar-refractivity contribution is 0.414. The van der Waals surface area contributed by atoms with Crippen molar-refractivity contribution in [2.24, 2.45) is 0 Å². The molecule has 0 saturated heterocycles. The number of ether oxygens (including phenoxy) is 1. The molecule has 3 aromatic rings. The normalized spacial score (nSPS) is 10.5. The molecule has 0 aliphatic rings. The molecule has 1 N–H and O–H groups in total. The van der Waals surface area contributed by atoms with E-state index >= 15 is 0 Å². The van der Waals surface area contributed by atoms with Crippen molar-refractivity contribution < 1.29 is 4.74 Å². The van der Waals surface area contributed by atoms with E-state index in [2.05, 4.69) is 48.3 Å². The maximum Gasteiger partial charge on any atom is 0.227 e. The van der Waals surface area contributed by atoms with E-state index < -0.39 is 0 Å². The van der Waals surface area contributed by atoms with Gasteiger partial charge in [-0.25, -0.2) is 4.98 Å². The average Bonchev–Trinajstić information content (AvgIpc) is 2.75. The lowest BCUT2D eigenvalue weighted by Crippen LogP contribution is -2.24. The van der Waals surface area contributed by atoms with E-state index in [0.717, 1.165) is 54.8 Å². The van der Waals surface area contributed by atoms with Crippen molar-refractivity contribution in [3.05, 3.63) is 66.2 Å². The first-order valence-electron chi connectivity index (χ1n) is 9.79. The van der Waals surface area contributed by atoms with Crippen molar-refractivity contribution >= 4 is 11.8 Å². The fourth-order valence-electron chi connectivity index (χ4n) is 3.09. The van der Waals surface area contributed by atoms with Gasteiger partial charge in [0.05, 0.1) is 12.8 Å². The molecule has 0 bridgehead atoms. The molecule has 0 saturated carbocycles. The lowest BCUT2D eigenvalue weighted by atomic mass is 10.1. The zero-order valence-corrected chi connectivity index (χ0v) is 16.9. The molecule has 5 nitrogen and oxygen atoms in total. The maximum atomic E-state index is 5.30. The lowest BCUT2D eigenvalue weighted by Gasteiger charge is -2.20. The minimum absolute atomic E-state index is 0.759. The van der Waals surface area contributed by atoms with Gasteiger partial charge in [-0.05, 0) is 38.0 Å². The van der Waals surface area contributed by atoms with Gasteiger partial charge in [0, 0.05) is 31.3 Å². The Morgan fingerprint density at radius 3 is 2.43 bits per heavy atom. The van der Waals surface area contributed by atoms with Crippen molar-refractivity contribution in [1.29, 1.82) is 0 Å². The molecular weight excluding hydrogens is 348 g/mol. The number of aromatic nitrogens is 2. The Labute approximate surface area is 167 Å². The summed E-state index contributed by atoms with van der Waals surface area (Å²) in [5.41, 5.74) is 3.25. The van der Waals surface area contributed by atoms with Crippen LogP contribution in [0, 0.1) is 0 Å². The van der Waals surface area contributed by atoms with E-state index in [1.54, 1.807) is 7.11 Å². The first kappa shape index (κ1) is 19.7. The van der Waals surface area contributed by atoms with Crippen LogP contribution in [0.15, 0.2) is 60.7 Å². The van der Waals surface area contributed by atoms with E-state index in [1.165, 1.54) is 5.56 Å². The molecule has 5 heteroatoms. The van der Waals surface area contributed by atoms with Crippen molar-refractivity contribution in [2.45, 2.75) is 20.3 Å². The Balaban J connectivity index is 1.79. The molecule has 0 fully saturated rings. The van der Waals surface area contributed by atoms with Crippen LogP contribution in [-0.2, 0) is 6.42 Å². The fourth-order valence-corrected chi connectivity index (χ4v) is 3.09. The molecule has 0 radical (unpaired) electrons. The largest absolute Gasteiger partial charge is 0.497 e. The van der Waals surface area contributed by atoms with Crippen LogP contribution in [0.1, 0.15) is 19.4 Å². The molecular formula is C23H28N4O. The number of hydrogen-bond donors (Lipinski definition) is 1. The van der Waals surface area contributed by atoms with E-state index in [1.807, 2.05) is 36.4 Å². The number of benzene rings is 2. The molecule has 0 spiro atoms. The van der Waals surface area contributed by atoms with Gasteiger partial charge in [0.25, 0.3) is 0 Å². The zero-order valence-electron chi connectivity index (χ0n) is 16.9. The van der Waals surface area contributed by atoms with Crippen LogP contribution in [0.2, 0.25) is 0 Å². The topological polar surface area (TPSA) is 50.3 Å². The molecule has 3 rings (SSSR count). The molecule has 1 heterocycles. The van der Waals surface area contributed by atoms with E-state index in [-0.39, 0.29) is 0 Å². The SMILES string of the molecule is CCN(CC)c1nc(NCCc2cccc(OC)c2)cc(-c2ccccc2)n1. The molecule has 0 unspecified atom stereocenters. The molecule has 146 valence electrons. The van der Waals surface area contributed by atoms with Crippen molar-refractivity contribution in [3.63, 3.8) is 0 Å². The summed E-state index contributed by atoms with van der Waals surface area (Å²) < 4.78 is 5.30. The predicted octanol–water partition coefficient (Wildman–Crippen LogP) is 4.65. The van der Waals surface area contributed by atoms with Crippen molar-refractivity contribution in [2.75, 3.05) is 37.0 Å². The third-order valence-corrected chi connectivity index (χ3v) is 4.68. The Morgan fingerprint density at radius 2 is 1.71 bits per heavy atom. The number of anilines is 2. The fraction of sp³-hybridized carbons (Fsp3) is 0.304. The summed E-state index contributed by atoms with van der Waals surface area (Å²) in [6, 6.07) is 20.4. The second-order valence-corrected chi connectivity index (χ2v) is 6.51. The summed E-state index contributed by atoms with van der Waals surface area (Å²) in [7, 11) is 1.69. The summed E-state index contributed by atoms with van der Waals surface area (Å²) in [5.74, 6) is 2.49. The second kappa shape index (κ2) is 9.74. The summed E-state index contributed by atoms with van der Waals surface area (Å²) in [6.45, 7) is 6.78. The molecule has 0 amide bonds. The zero-order chi connectivity index (χ0) is 19.8. The standard InChI is InChI=1S/C23H28N4O/c1-4-27(5-2)23-25-21(19-11-7-6-8-12-19)17-22(26-23)24-15-14-18-10-9-13-20(16-18)28-3/h6-13,16-17H,4-5,14-15H2,1-3H3,(H,24,25,26). The van der Waals surface area contributed by atoms with Crippen LogP contribution in [-0.4, -0.2) is 36.7 Å². The molecule has 0 aliphatic carbocycles. The minimum Gasteiger partial charge on any atom is -0.497 e. The average molecular weight is 377 g/mol. The van der Waals surface area contributed by atoms with E-state index in [0.29, 0.717) is 0 Å². The Bertz CT molecular complexity index is 879. The molecule has 0 atom stereocenters. The Kier molecular flexibility index (Phi) is 6.84. The van der Waals surface area contributed by atoms with Gasteiger partial charge in [-0.1, -0.05) is 42.5 Å². The highest BCUT2D eigenvalue weighted by atomic mass is 16.5. The number of nitrogens with zero attached hydrogens (tertiary/aromatic N) is 3. The first-order chi connectivity index (χ1) is 13.7. The van der Waals surface area contributed by atoms with Crippen LogP contribution in [0.3, 0.4) is 0 Å². The number of methoxy groups -OCH3 is 1. The van der Waals surface area contributed by atoms with Crippen molar-refractivity contribution in [3.8, 4) is 17.0 Å². The van der Waals surface area contributed by atoms with E-state index in [9.17, 15) is 0 Å². The summed E-state index contributed by atoms with van der Waals surface area (Å²) in [5, 5.41) is 3.47. The third kappa shape index (κ3) is 5.00. The smallest absolute Gasteiger partial charge is 0.227 e. The van der Waals surface area contributed by atoms with Gasteiger partial charge < -0.3 is 15.0 Å².